The number of anilines is 1. The van der Waals surface area contributed by atoms with Crippen molar-refractivity contribution in [2.75, 3.05) is 5.32 Å². The van der Waals surface area contributed by atoms with Crippen molar-refractivity contribution in [3.05, 3.63) is 53.6 Å². The summed E-state index contributed by atoms with van der Waals surface area (Å²) in [6.45, 7) is 8.02. The third kappa shape index (κ3) is 5.63. The molecule has 0 aromatic heterocycles. The van der Waals surface area contributed by atoms with Gasteiger partial charge in [-0.1, -0.05) is 56.1 Å². The fourth-order valence-corrected chi connectivity index (χ4v) is 4.70. The molecule has 1 fully saturated rings. The van der Waals surface area contributed by atoms with Gasteiger partial charge in [-0.25, -0.2) is 0 Å². The quantitative estimate of drug-likeness (QED) is 0.669. The maximum atomic E-state index is 12.9. The maximum absolute atomic E-state index is 12.9. The molecular formula is C24H30N2O2S. The van der Waals surface area contributed by atoms with E-state index in [1.807, 2.05) is 12.1 Å². The second-order valence-corrected chi connectivity index (χ2v) is 9.27. The van der Waals surface area contributed by atoms with Crippen LogP contribution in [0.1, 0.15) is 56.0 Å². The van der Waals surface area contributed by atoms with Crippen LogP contribution in [0.3, 0.4) is 0 Å². The summed E-state index contributed by atoms with van der Waals surface area (Å²) in [6, 6.07) is 14.0. The van der Waals surface area contributed by atoms with Gasteiger partial charge in [-0.3, -0.25) is 9.59 Å². The lowest BCUT2D eigenvalue weighted by Crippen LogP contribution is -2.43. The van der Waals surface area contributed by atoms with E-state index in [0.29, 0.717) is 23.1 Å². The number of benzene rings is 2. The molecule has 0 heterocycles. The van der Waals surface area contributed by atoms with Crippen molar-refractivity contribution in [1.29, 1.82) is 0 Å². The number of rotatable bonds is 5. The van der Waals surface area contributed by atoms with Crippen LogP contribution in [0, 0.1) is 18.8 Å². The summed E-state index contributed by atoms with van der Waals surface area (Å²) >= 11 is 1.58. The minimum absolute atomic E-state index is 0.0746. The van der Waals surface area contributed by atoms with E-state index >= 15 is 0 Å². The van der Waals surface area contributed by atoms with Crippen molar-refractivity contribution in [3.8, 4) is 0 Å². The van der Waals surface area contributed by atoms with Gasteiger partial charge >= 0.3 is 0 Å². The summed E-state index contributed by atoms with van der Waals surface area (Å²) in [5, 5.41) is 6.09. The Hall–Kier alpha value is -2.27. The molecule has 154 valence electrons. The van der Waals surface area contributed by atoms with Gasteiger partial charge in [0.25, 0.3) is 5.91 Å². The molecule has 0 radical (unpaired) electrons. The smallest absolute Gasteiger partial charge is 0.251 e. The van der Waals surface area contributed by atoms with E-state index < -0.39 is 0 Å². The van der Waals surface area contributed by atoms with Crippen molar-refractivity contribution in [3.63, 3.8) is 0 Å². The third-order valence-electron chi connectivity index (χ3n) is 5.82. The van der Waals surface area contributed by atoms with E-state index in [1.54, 1.807) is 17.8 Å². The zero-order valence-corrected chi connectivity index (χ0v) is 18.4. The van der Waals surface area contributed by atoms with Crippen LogP contribution in [-0.4, -0.2) is 17.9 Å². The Kier molecular flexibility index (Phi) is 7.01. The van der Waals surface area contributed by atoms with E-state index in [9.17, 15) is 9.59 Å². The highest BCUT2D eigenvalue weighted by atomic mass is 32.2. The molecule has 2 N–H and O–H groups in total. The molecule has 2 aromatic carbocycles. The molecule has 1 aliphatic carbocycles. The summed E-state index contributed by atoms with van der Waals surface area (Å²) < 4.78 is 0. The summed E-state index contributed by atoms with van der Waals surface area (Å²) in [6.07, 6.45) is 3.40. The second-order valence-electron chi connectivity index (χ2n) is 8.15. The first-order valence-electron chi connectivity index (χ1n) is 10.3. The Bertz CT molecular complexity index is 879. The first kappa shape index (κ1) is 21.4. The second kappa shape index (κ2) is 9.49. The predicted octanol–water partition coefficient (Wildman–Crippen LogP) is 5.66. The Labute approximate surface area is 177 Å². The highest BCUT2D eigenvalue weighted by molar-refractivity contribution is 7.99. The van der Waals surface area contributed by atoms with Crippen molar-refractivity contribution in [2.45, 2.75) is 62.8 Å². The number of carbonyl (C=O) groups excluding carboxylic acids is 2. The van der Waals surface area contributed by atoms with E-state index in [-0.39, 0.29) is 17.9 Å². The van der Waals surface area contributed by atoms with Crippen LogP contribution in [0.15, 0.2) is 52.3 Å². The SMILES string of the molecule is CC(=O)Nc1cc(C(=O)N[C@@H]2CCC[C@H](C)[C@@H]2C)ccc1Sc1ccc(C)cc1. The van der Waals surface area contributed by atoms with Gasteiger partial charge in [0.1, 0.15) is 0 Å². The van der Waals surface area contributed by atoms with Gasteiger partial charge in [-0.15, -0.1) is 0 Å². The van der Waals surface area contributed by atoms with E-state index in [1.165, 1.54) is 18.9 Å². The highest BCUT2D eigenvalue weighted by Gasteiger charge is 2.28. The van der Waals surface area contributed by atoms with Crippen molar-refractivity contribution in [2.24, 2.45) is 11.8 Å². The monoisotopic (exact) mass is 410 g/mol. The van der Waals surface area contributed by atoms with Gasteiger partial charge in [-0.05, 0) is 55.5 Å². The first-order valence-corrected chi connectivity index (χ1v) is 11.1. The minimum atomic E-state index is -0.150. The molecule has 2 amide bonds. The number of nitrogens with one attached hydrogen (secondary N) is 2. The van der Waals surface area contributed by atoms with Crippen LogP contribution >= 0.6 is 11.8 Å². The predicted molar refractivity (Wildman–Crippen MR) is 119 cm³/mol. The fourth-order valence-electron chi connectivity index (χ4n) is 3.82. The van der Waals surface area contributed by atoms with Crippen LogP contribution in [0.4, 0.5) is 5.69 Å². The number of hydrogen-bond acceptors (Lipinski definition) is 3. The molecule has 3 atom stereocenters. The Morgan fingerprint density at radius 3 is 2.45 bits per heavy atom. The lowest BCUT2D eigenvalue weighted by Gasteiger charge is -2.34. The van der Waals surface area contributed by atoms with E-state index in [4.69, 9.17) is 0 Å². The highest BCUT2D eigenvalue weighted by Crippen LogP contribution is 2.35. The molecule has 5 heteroatoms. The molecule has 0 spiro atoms. The lowest BCUT2D eigenvalue weighted by molar-refractivity contribution is -0.114. The van der Waals surface area contributed by atoms with Crippen LogP contribution in [0.5, 0.6) is 0 Å². The zero-order valence-electron chi connectivity index (χ0n) is 17.6. The normalized spacial score (nSPS) is 21.4. The van der Waals surface area contributed by atoms with Gasteiger partial charge in [0.2, 0.25) is 5.91 Å². The molecule has 0 aliphatic heterocycles. The van der Waals surface area contributed by atoms with Gasteiger partial charge in [0.05, 0.1) is 5.69 Å². The molecule has 29 heavy (non-hydrogen) atoms. The summed E-state index contributed by atoms with van der Waals surface area (Å²) in [5.41, 5.74) is 2.45. The molecule has 0 bridgehead atoms. The standard InChI is InChI=1S/C24H30N2O2S/c1-15-8-11-20(12-9-15)29-23-13-10-19(14-22(23)25-18(4)27)24(28)26-21-7-5-6-16(2)17(21)3/h8-14,16-17,21H,5-7H2,1-4H3,(H,25,27)(H,26,28)/t16-,17-,21+/m0/s1. The number of aryl methyl sites for hydroxylation is 1. The third-order valence-corrected chi connectivity index (χ3v) is 6.91. The van der Waals surface area contributed by atoms with E-state index in [2.05, 4.69) is 55.7 Å². The Balaban J connectivity index is 1.79. The number of carbonyl (C=O) groups is 2. The average Bonchev–Trinajstić information content (AvgIpc) is 2.68. The minimum Gasteiger partial charge on any atom is -0.349 e. The van der Waals surface area contributed by atoms with Gasteiger partial charge in [-0.2, -0.15) is 0 Å². The average molecular weight is 411 g/mol. The summed E-state index contributed by atoms with van der Waals surface area (Å²) in [4.78, 5) is 26.6. The molecular weight excluding hydrogens is 380 g/mol. The molecule has 0 unspecified atom stereocenters. The summed E-state index contributed by atoms with van der Waals surface area (Å²) in [5.74, 6) is 0.869. The number of amides is 2. The van der Waals surface area contributed by atoms with Crippen molar-refractivity contribution in [1.82, 2.24) is 5.32 Å². The van der Waals surface area contributed by atoms with E-state index in [0.717, 1.165) is 22.6 Å². The number of hydrogen-bond donors (Lipinski definition) is 2. The zero-order chi connectivity index (χ0) is 21.0. The molecule has 4 nitrogen and oxygen atoms in total. The lowest BCUT2D eigenvalue weighted by atomic mass is 9.78. The fraction of sp³-hybridized carbons (Fsp3) is 0.417. The van der Waals surface area contributed by atoms with Crippen LogP contribution in [-0.2, 0) is 4.79 Å². The molecule has 1 saturated carbocycles. The van der Waals surface area contributed by atoms with Crippen LogP contribution in [0.25, 0.3) is 0 Å². The van der Waals surface area contributed by atoms with Crippen molar-refractivity contribution >= 4 is 29.3 Å². The largest absolute Gasteiger partial charge is 0.349 e. The van der Waals surface area contributed by atoms with Crippen LogP contribution in [0.2, 0.25) is 0 Å². The van der Waals surface area contributed by atoms with Crippen molar-refractivity contribution < 1.29 is 9.59 Å². The molecule has 2 aromatic rings. The topological polar surface area (TPSA) is 58.2 Å². The van der Waals surface area contributed by atoms with Gasteiger partial charge in [0, 0.05) is 28.3 Å². The van der Waals surface area contributed by atoms with Crippen LogP contribution < -0.4 is 10.6 Å². The molecule has 0 saturated heterocycles. The maximum Gasteiger partial charge on any atom is 0.251 e. The summed E-state index contributed by atoms with van der Waals surface area (Å²) in [7, 11) is 0. The first-order chi connectivity index (χ1) is 13.8. The Morgan fingerprint density at radius 2 is 1.76 bits per heavy atom. The molecule has 1 aliphatic rings. The van der Waals surface area contributed by atoms with Gasteiger partial charge in [0.15, 0.2) is 0 Å². The van der Waals surface area contributed by atoms with Gasteiger partial charge < -0.3 is 10.6 Å². The molecule has 3 rings (SSSR count). The Morgan fingerprint density at radius 1 is 1.03 bits per heavy atom.